The van der Waals surface area contributed by atoms with Gasteiger partial charge in [-0.2, -0.15) is 0 Å². The molecule has 0 aromatic heterocycles. The van der Waals surface area contributed by atoms with Crippen molar-refractivity contribution in [2.75, 3.05) is 13.2 Å². The molecule has 4 atom stereocenters. The summed E-state index contributed by atoms with van der Waals surface area (Å²) in [4.78, 5) is 24.2. The third kappa shape index (κ3) is 5.61. The molecule has 28 heavy (non-hydrogen) atoms. The smallest absolute Gasteiger partial charge is 0.338 e. The van der Waals surface area contributed by atoms with Gasteiger partial charge in [-0.25, -0.2) is 9.59 Å². The molecule has 8 nitrogen and oxygen atoms in total. The van der Waals surface area contributed by atoms with Gasteiger partial charge in [0.05, 0.1) is 24.3 Å². The van der Waals surface area contributed by atoms with Crippen molar-refractivity contribution in [1.29, 1.82) is 0 Å². The van der Waals surface area contributed by atoms with Gasteiger partial charge in [0.1, 0.15) is 12.2 Å². The van der Waals surface area contributed by atoms with Crippen LogP contribution in [-0.2, 0) is 9.47 Å². The second kappa shape index (κ2) is 10.5. The zero-order valence-electron chi connectivity index (χ0n) is 14.9. The van der Waals surface area contributed by atoms with Gasteiger partial charge < -0.3 is 29.9 Å². The summed E-state index contributed by atoms with van der Waals surface area (Å²) >= 11 is 0. The Morgan fingerprint density at radius 3 is 1.29 bits per heavy atom. The molecule has 0 amide bonds. The number of esters is 2. The van der Waals surface area contributed by atoms with E-state index in [1.54, 1.807) is 36.4 Å². The predicted molar refractivity (Wildman–Crippen MR) is 97.5 cm³/mol. The number of aliphatic hydroxyl groups excluding tert-OH is 4. The summed E-state index contributed by atoms with van der Waals surface area (Å²) in [7, 11) is 0. The van der Waals surface area contributed by atoms with Crippen LogP contribution in [0.1, 0.15) is 20.7 Å². The van der Waals surface area contributed by atoms with E-state index in [1.165, 1.54) is 24.3 Å². The Kier molecular flexibility index (Phi) is 8.09. The Morgan fingerprint density at radius 1 is 0.679 bits per heavy atom. The van der Waals surface area contributed by atoms with Gasteiger partial charge in [-0.1, -0.05) is 36.4 Å². The van der Waals surface area contributed by atoms with Gasteiger partial charge in [0.15, 0.2) is 12.2 Å². The lowest BCUT2D eigenvalue weighted by Gasteiger charge is -2.29. The van der Waals surface area contributed by atoms with Gasteiger partial charge in [0, 0.05) is 0 Å². The molecular formula is C20H22O8. The summed E-state index contributed by atoms with van der Waals surface area (Å²) in [6, 6.07) is 15.8. The Hall–Kier alpha value is -2.78. The number of carbonyl (C=O) groups excluding carboxylic acids is 2. The first-order chi connectivity index (χ1) is 13.5. The molecule has 150 valence electrons. The quantitative estimate of drug-likeness (QED) is 0.445. The molecule has 0 aliphatic rings. The molecule has 0 aliphatic heterocycles. The molecule has 0 saturated carbocycles. The predicted octanol–water partition coefficient (Wildman–Crippen LogP) is 0.144. The number of carbonyl (C=O) groups is 2. The van der Waals surface area contributed by atoms with Crippen molar-refractivity contribution in [1.82, 2.24) is 0 Å². The molecule has 2 aromatic rings. The molecule has 0 saturated heterocycles. The first-order valence-electron chi connectivity index (χ1n) is 8.57. The average molecular weight is 390 g/mol. The largest absolute Gasteiger partial charge is 0.453 e. The van der Waals surface area contributed by atoms with Gasteiger partial charge in [0.2, 0.25) is 0 Å². The lowest BCUT2D eigenvalue weighted by atomic mass is 10.0. The average Bonchev–Trinajstić information content (AvgIpc) is 2.75. The maximum Gasteiger partial charge on any atom is 0.338 e. The highest BCUT2D eigenvalue weighted by atomic mass is 16.6. The molecule has 0 unspecified atom stereocenters. The van der Waals surface area contributed by atoms with E-state index in [0.29, 0.717) is 0 Å². The fourth-order valence-corrected chi connectivity index (χ4v) is 2.43. The summed E-state index contributed by atoms with van der Waals surface area (Å²) in [5, 5.41) is 39.4. The van der Waals surface area contributed by atoms with Crippen molar-refractivity contribution in [2.45, 2.75) is 24.4 Å². The summed E-state index contributed by atoms with van der Waals surface area (Å²) in [5.74, 6) is -1.62. The maximum atomic E-state index is 12.1. The van der Waals surface area contributed by atoms with Crippen LogP contribution in [0.2, 0.25) is 0 Å². The fraction of sp³-hybridized carbons (Fsp3) is 0.300. The molecular weight excluding hydrogens is 368 g/mol. The first kappa shape index (κ1) is 21.5. The van der Waals surface area contributed by atoms with Gasteiger partial charge in [-0.3, -0.25) is 0 Å². The normalized spacial score (nSPS) is 15.1. The van der Waals surface area contributed by atoms with Crippen molar-refractivity contribution in [2.24, 2.45) is 0 Å². The molecule has 8 heteroatoms. The van der Waals surface area contributed by atoms with E-state index in [9.17, 15) is 30.0 Å². The van der Waals surface area contributed by atoms with Crippen molar-refractivity contribution in [3.8, 4) is 0 Å². The van der Waals surface area contributed by atoms with Gasteiger partial charge >= 0.3 is 11.9 Å². The van der Waals surface area contributed by atoms with Crippen LogP contribution in [0.4, 0.5) is 0 Å². The summed E-state index contributed by atoms with van der Waals surface area (Å²) in [6.07, 6.45) is -6.60. The van der Waals surface area contributed by atoms with Gasteiger partial charge in [0.25, 0.3) is 0 Å². The summed E-state index contributed by atoms with van der Waals surface area (Å²) < 4.78 is 10.1. The Morgan fingerprint density at radius 2 is 1.00 bits per heavy atom. The molecule has 0 aliphatic carbocycles. The van der Waals surface area contributed by atoms with E-state index < -0.39 is 49.6 Å². The zero-order chi connectivity index (χ0) is 20.5. The van der Waals surface area contributed by atoms with Crippen LogP contribution >= 0.6 is 0 Å². The van der Waals surface area contributed by atoms with Gasteiger partial charge in [-0.05, 0) is 24.3 Å². The number of benzene rings is 2. The second-order valence-corrected chi connectivity index (χ2v) is 5.97. The third-order valence-corrected chi connectivity index (χ3v) is 4.01. The summed E-state index contributed by atoms with van der Waals surface area (Å²) in [6.45, 7) is -1.58. The van der Waals surface area contributed by atoms with Crippen LogP contribution in [0.5, 0.6) is 0 Å². The van der Waals surface area contributed by atoms with Crippen LogP contribution in [0, 0.1) is 0 Å². The minimum absolute atomic E-state index is 0.192. The molecule has 0 bridgehead atoms. The standard InChI is InChI=1S/C20H22O8/c21-11-15(27-19(25)13-7-3-1-4-8-13)17(23)18(24)16(12-22)28-20(26)14-9-5-2-6-10-14/h1-10,15-18,21-24H,11-12H2/t15-,16-,17-,18-/m1/s1. The van der Waals surface area contributed by atoms with Crippen LogP contribution < -0.4 is 0 Å². The van der Waals surface area contributed by atoms with Crippen LogP contribution in [-0.4, -0.2) is 70.0 Å². The zero-order valence-corrected chi connectivity index (χ0v) is 14.9. The van der Waals surface area contributed by atoms with Crippen molar-refractivity contribution >= 4 is 11.9 Å². The minimum atomic E-state index is -1.81. The summed E-state index contributed by atoms with van der Waals surface area (Å²) in [5.41, 5.74) is 0.383. The monoisotopic (exact) mass is 390 g/mol. The molecule has 0 fully saturated rings. The molecule has 0 spiro atoms. The molecule has 2 aromatic carbocycles. The van der Waals surface area contributed by atoms with Gasteiger partial charge in [-0.15, -0.1) is 0 Å². The van der Waals surface area contributed by atoms with E-state index in [-0.39, 0.29) is 11.1 Å². The lowest BCUT2D eigenvalue weighted by Crippen LogP contribution is -2.50. The number of rotatable bonds is 9. The third-order valence-electron chi connectivity index (χ3n) is 4.01. The van der Waals surface area contributed by atoms with Crippen molar-refractivity contribution in [3.63, 3.8) is 0 Å². The number of hydrogen-bond donors (Lipinski definition) is 4. The van der Waals surface area contributed by atoms with Crippen LogP contribution in [0.25, 0.3) is 0 Å². The number of hydrogen-bond acceptors (Lipinski definition) is 8. The van der Waals surface area contributed by atoms with Crippen molar-refractivity contribution in [3.05, 3.63) is 71.8 Å². The highest BCUT2D eigenvalue weighted by Gasteiger charge is 2.36. The SMILES string of the molecule is O=C(O[C@H](CO)[C@@H](O)[C@H](O)[C@@H](CO)OC(=O)c1ccccc1)c1ccccc1. The maximum absolute atomic E-state index is 12.1. The minimum Gasteiger partial charge on any atom is -0.453 e. The molecule has 0 heterocycles. The van der Waals surface area contributed by atoms with E-state index >= 15 is 0 Å². The lowest BCUT2D eigenvalue weighted by molar-refractivity contribution is -0.129. The number of aliphatic hydroxyl groups is 4. The van der Waals surface area contributed by atoms with E-state index in [2.05, 4.69) is 0 Å². The topological polar surface area (TPSA) is 134 Å². The highest BCUT2D eigenvalue weighted by Crippen LogP contribution is 2.15. The molecule has 2 rings (SSSR count). The van der Waals surface area contributed by atoms with E-state index in [1.807, 2.05) is 0 Å². The Labute approximate surface area is 161 Å². The van der Waals surface area contributed by atoms with E-state index in [4.69, 9.17) is 9.47 Å². The molecule has 0 radical (unpaired) electrons. The fourth-order valence-electron chi connectivity index (χ4n) is 2.43. The molecule has 4 N–H and O–H groups in total. The first-order valence-corrected chi connectivity index (χ1v) is 8.57. The van der Waals surface area contributed by atoms with E-state index in [0.717, 1.165) is 0 Å². The Balaban J connectivity index is 2.03. The van der Waals surface area contributed by atoms with Crippen LogP contribution in [0.15, 0.2) is 60.7 Å². The highest BCUT2D eigenvalue weighted by molar-refractivity contribution is 5.90. The van der Waals surface area contributed by atoms with Crippen LogP contribution in [0.3, 0.4) is 0 Å². The Bertz CT molecular complexity index is 684. The van der Waals surface area contributed by atoms with Crippen molar-refractivity contribution < 1.29 is 39.5 Å². The number of ether oxygens (including phenoxy) is 2. The second-order valence-electron chi connectivity index (χ2n) is 5.97.